The number of carbonyl (C=O) groups excluding carboxylic acids is 1. The Balaban J connectivity index is 1.89. The molecule has 0 radical (unpaired) electrons. The summed E-state index contributed by atoms with van der Waals surface area (Å²) in [4.78, 5) is 15.0. The van der Waals surface area contributed by atoms with Crippen molar-refractivity contribution < 1.29 is 13.9 Å². The fraction of sp³-hybridized carbons (Fsp3) is 0.200. The van der Waals surface area contributed by atoms with Crippen molar-refractivity contribution in [2.24, 2.45) is 5.73 Å². The zero-order valence-electron chi connectivity index (χ0n) is 11.2. The number of aromatic nitrogens is 1. The Labute approximate surface area is 120 Å². The topological polar surface area (TPSA) is 77.2 Å². The number of anilines is 1. The van der Waals surface area contributed by atoms with Crippen LogP contribution < -0.4 is 15.8 Å². The van der Waals surface area contributed by atoms with E-state index in [0.717, 1.165) is 5.56 Å². The van der Waals surface area contributed by atoms with Crippen LogP contribution in [0.15, 0.2) is 36.5 Å². The number of rotatable bonds is 3. The van der Waals surface area contributed by atoms with Gasteiger partial charge < -0.3 is 15.8 Å². The van der Waals surface area contributed by atoms with Crippen LogP contribution in [0.3, 0.4) is 0 Å². The molecule has 0 fully saturated rings. The first-order chi connectivity index (χ1) is 10.1. The van der Waals surface area contributed by atoms with Crippen LogP contribution in [0.1, 0.15) is 28.5 Å². The molecule has 2 heterocycles. The molecule has 1 aromatic carbocycles. The summed E-state index contributed by atoms with van der Waals surface area (Å²) in [5, 5.41) is 3.27. The number of nitrogens with zero attached hydrogens (tertiary/aromatic N) is 1. The van der Waals surface area contributed by atoms with Gasteiger partial charge in [0.2, 0.25) is 0 Å². The highest BCUT2D eigenvalue weighted by molar-refractivity contribution is 5.91. The van der Waals surface area contributed by atoms with Crippen molar-refractivity contribution in [1.29, 1.82) is 0 Å². The quantitative estimate of drug-likeness (QED) is 0.907. The molecule has 1 amide bonds. The van der Waals surface area contributed by atoms with E-state index in [9.17, 15) is 9.18 Å². The van der Waals surface area contributed by atoms with E-state index >= 15 is 0 Å². The van der Waals surface area contributed by atoms with Gasteiger partial charge in [0.25, 0.3) is 5.91 Å². The molecule has 0 bridgehead atoms. The molecule has 21 heavy (non-hydrogen) atoms. The molecule has 1 atom stereocenters. The number of halogens is 1. The lowest BCUT2D eigenvalue weighted by atomic mass is 10.00. The van der Waals surface area contributed by atoms with Crippen molar-refractivity contribution in [2.75, 3.05) is 11.9 Å². The van der Waals surface area contributed by atoms with Gasteiger partial charge in [-0.2, -0.15) is 0 Å². The zero-order valence-corrected chi connectivity index (χ0v) is 11.2. The summed E-state index contributed by atoms with van der Waals surface area (Å²) in [5.74, 6) is -0.672. The molecule has 0 saturated carbocycles. The van der Waals surface area contributed by atoms with E-state index in [2.05, 4.69) is 10.3 Å². The first kappa shape index (κ1) is 13.4. The second-order valence-electron chi connectivity index (χ2n) is 4.79. The Kier molecular flexibility index (Phi) is 3.43. The zero-order chi connectivity index (χ0) is 14.8. The molecule has 0 unspecified atom stereocenters. The van der Waals surface area contributed by atoms with Crippen molar-refractivity contribution in [1.82, 2.24) is 4.98 Å². The number of hydrogen-bond donors (Lipinski definition) is 2. The minimum atomic E-state index is -0.586. The van der Waals surface area contributed by atoms with Crippen LogP contribution in [-0.4, -0.2) is 17.5 Å². The van der Waals surface area contributed by atoms with Crippen molar-refractivity contribution in [2.45, 2.75) is 12.5 Å². The number of primary amides is 1. The molecule has 2 aromatic rings. The first-order valence-electron chi connectivity index (χ1n) is 6.59. The van der Waals surface area contributed by atoms with E-state index in [1.165, 1.54) is 12.3 Å². The highest BCUT2D eigenvalue weighted by Crippen LogP contribution is 2.35. The number of hydrogen-bond acceptors (Lipinski definition) is 4. The molecular weight excluding hydrogens is 273 g/mol. The van der Waals surface area contributed by atoms with Gasteiger partial charge >= 0.3 is 0 Å². The van der Waals surface area contributed by atoms with Gasteiger partial charge in [-0.05, 0) is 18.2 Å². The molecule has 5 nitrogen and oxygen atoms in total. The van der Waals surface area contributed by atoms with E-state index in [1.54, 1.807) is 18.2 Å². The number of pyridine rings is 1. The average molecular weight is 287 g/mol. The summed E-state index contributed by atoms with van der Waals surface area (Å²) < 4.78 is 19.1. The van der Waals surface area contributed by atoms with Crippen LogP contribution >= 0.6 is 0 Å². The van der Waals surface area contributed by atoms with Crippen LogP contribution in [0.25, 0.3) is 0 Å². The summed E-state index contributed by atoms with van der Waals surface area (Å²) in [6, 6.07) is 8.08. The van der Waals surface area contributed by atoms with Crippen LogP contribution in [0.5, 0.6) is 5.75 Å². The molecule has 1 aliphatic rings. The van der Waals surface area contributed by atoms with Gasteiger partial charge in [0, 0.05) is 23.9 Å². The van der Waals surface area contributed by atoms with E-state index in [1.807, 2.05) is 6.07 Å². The molecule has 0 spiro atoms. The van der Waals surface area contributed by atoms with E-state index in [0.29, 0.717) is 18.7 Å². The average Bonchev–Trinajstić information content (AvgIpc) is 2.49. The Morgan fingerprint density at radius 1 is 1.43 bits per heavy atom. The highest BCUT2D eigenvalue weighted by atomic mass is 19.1. The number of nitrogens with one attached hydrogen (secondary N) is 1. The van der Waals surface area contributed by atoms with Gasteiger partial charge in [0.05, 0.1) is 12.6 Å². The van der Waals surface area contributed by atoms with E-state index in [4.69, 9.17) is 10.5 Å². The number of amides is 1. The van der Waals surface area contributed by atoms with Crippen molar-refractivity contribution in [3.63, 3.8) is 0 Å². The highest BCUT2D eigenvalue weighted by Gasteiger charge is 2.24. The third-order valence-corrected chi connectivity index (χ3v) is 3.38. The molecule has 108 valence electrons. The minimum absolute atomic E-state index is 0.0902. The van der Waals surface area contributed by atoms with Gasteiger partial charge in [0.15, 0.2) is 11.6 Å². The van der Waals surface area contributed by atoms with Crippen LogP contribution in [-0.2, 0) is 0 Å². The predicted octanol–water partition coefficient (Wildman–Crippen LogP) is 2.26. The number of ether oxygens (including phenoxy) is 1. The summed E-state index contributed by atoms with van der Waals surface area (Å²) in [6.45, 7) is 0.430. The van der Waals surface area contributed by atoms with Crippen molar-refractivity contribution in [3.8, 4) is 5.75 Å². The summed E-state index contributed by atoms with van der Waals surface area (Å²) in [6.07, 6.45) is 2.21. The summed E-state index contributed by atoms with van der Waals surface area (Å²) in [5.41, 5.74) is 6.87. The molecule has 0 aliphatic carbocycles. The standard InChI is InChI=1S/C15H14FN3O2/c16-11-3-1-2-10-12(5-7-21-14(10)11)19-9-4-6-18-13(8-9)15(17)20/h1-4,6,8,12H,5,7H2,(H2,17,20)(H,18,19)/t12-/m0/s1. The fourth-order valence-corrected chi connectivity index (χ4v) is 2.39. The van der Waals surface area contributed by atoms with Crippen LogP contribution in [0.2, 0.25) is 0 Å². The Hall–Kier alpha value is -2.63. The number of para-hydroxylation sites is 1. The molecule has 1 aliphatic heterocycles. The lowest BCUT2D eigenvalue weighted by Crippen LogP contribution is -2.21. The van der Waals surface area contributed by atoms with E-state index in [-0.39, 0.29) is 23.3 Å². The molecular formula is C15H14FN3O2. The fourth-order valence-electron chi connectivity index (χ4n) is 2.39. The SMILES string of the molecule is NC(=O)c1cc(N[C@H]2CCOc3c(F)cccc32)ccn1. The molecule has 0 saturated heterocycles. The maximum absolute atomic E-state index is 13.7. The Morgan fingerprint density at radius 3 is 3.10 bits per heavy atom. The smallest absolute Gasteiger partial charge is 0.267 e. The first-order valence-corrected chi connectivity index (χ1v) is 6.59. The van der Waals surface area contributed by atoms with Gasteiger partial charge in [-0.3, -0.25) is 9.78 Å². The summed E-state index contributed by atoms with van der Waals surface area (Å²) >= 11 is 0. The second-order valence-corrected chi connectivity index (χ2v) is 4.79. The predicted molar refractivity (Wildman–Crippen MR) is 75.6 cm³/mol. The van der Waals surface area contributed by atoms with E-state index < -0.39 is 5.91 Å². The van der Waals surface area contributed by atoms with Gasteiger partial charge in [0.1, 0.15) is 5.69 Å². The lowest BCUT2D eigenvalue weighted by molar-refractivity contribution is 0.0995. The maximum atomic E-state index is 13.7. The normalized spacial score (nSPS) is 16.7. The van der Waals surface area contributed by atoms with Crippen LogP contribution in [0.4, 0.5) is 10.1 Å². The molecule has 6 heteroatoms. The monoisotopic (exact) mass is 287 g/mol. The number of carbonyl (C=O) groups is 1. The minimum Gasteiger partial charge on any atom is -0.490 e. The molecule has 3 rings (SSSR count). The number of fused-ring (bicyclic) bond motifs is 1. The third-order valence-electron chi connectivity index (χ3n) is 3.38. The largest absolute Gasteiger partial charge is 0.490 e. The second kappa shape index (κ2) is 5.40. The maximum Gasteiger partial charge on any atom is 0.267 e. The third kappa shape index (κ3) is 2.65. The Bertz CT molecular complexity index is 690. The van der Waals surface area contributed by atoms with Crippen molar-refractivity contribution in [3.05, 3.63) is 53.6 Å². The van der Waals surface area contributed by atoms with Gasteiger partial charge in [-0.25, -0.2) is 4.39 Å². The lowest BCUT2D eigenvalue weighted by Gasteiger charge is -2.27. The van der Waals surface area contributed by atoms with Crippen molar-refractivity contribution >= 4 is 11.6 Å². The Morgan fingerprint density at radius 2 is 2.29 bits per heavy atom. The van der Waals surface area contributed by atoms with Crippen LogP contribution in [0, 0.1) is 5.82 Å². The summed E-state index contributed by atoms with van der Waals surface area (Å²) in [7, 11) is 0. The number of benzene rings is 1. The number of nitrogens with two attached hydrogens (primary N) is 1. The molecule has 3 N–H and O–H groups in total. The molecule has 1 aromatic heterocycles. The van der Waals surface area contributed by atoms with Gasteiger partial charge in [-0.1, -0.05) is 12.1 Å². The van der Waals surface area contributed by atoms with Gasteiger partial charge in [-0.15, -0.1) is 0 Å².